The largest absolute Gasteiger partial charge is 0.383 e. The number of anilines is 2. The zero-order valence-electron chi connectivity index (χ0n) is 9.12. The lowest BCUT2D eigenvalue weighted by Gasteiger charge is -2.13. The Hall–Kier alpha value is -2.38. The fraction of sp³-hybridized carbons (Fsp3) is 0.333. The first-order chi connectivity index (χ1) is 8.09. The molecule has 0 saturated heterocycles. The summed E-state index contributed by atoms with van der Waals surface area (Å²) in [5.74, 6) is 1.14. The van der Waals surface area contributed by atoms with Crippen molar-refractivity contribution in [3.8, 4) is 0 Å². The van der Waals surface area contributed by atoms with Gasteiger partial charge in [-0.25, -0.2) is 4.98 Å². The Balaban J connectivity index is 2.41. The lowest BCUT2D eigenvalue weighted by Crippen LogP contribution is -2.16. The number of nitrogens with two attached hydrogens (primary N) is 1. The van der Waals surface area contributed by atoms with Crippen LogP contribution in [0.3, 0.4) is 0 Å². The van der Waals surface area contributed by atoms with Gasteiger partial charge in [-0.05, 0) is 6.42 Å². The van der Waals surface area contributed by atoms with Gasteiger partial charge in [0, 0.05) is 19.2 Å². The van der Waals surface area contributed by atoms with E-state index < -0.39 is 4.92 Å². The maximum Gasteiger partial charge on any atom is 0.333 e. The van der Waals surface area contributed by atoms with Crippen molar-refractivity contribution in [2.45, 2.75) is 6.42 Å². The third-order valence-corrected chi connectivity index (χ3v) is 2.99. The molecule has 0 spiro atoms. The Kier molecular flexibility index (Phi) is 1.77. The van der Waals surface area contributed by atoms with Gasteiger partial charge in [-0.1, -0.05) is 0 Å². The van der Waals surface area contributed by atoms with E-state index in [1.54, 1.807) is 0 Å². The molecule has 0 radical (unpaired) electrons. The fourth-order valence-corrected chi connectivity index (χ4v) is 2.16. The molecule has 0 aromatic carbocycles. The maximum atomic E-state index is 10.8. The van der Waals surface area contributed by atoms with Crippen LogP contribution in [0.25, 0.3) is 5.65 Å². The van der Waals surface area contributed by atoms with Gasteiger partial charge in [-0.2, -0.15) is 9.61 Å². The summed E-state index contributed by atoms with van der Waals surface area (Å²) in [7, 11) is 1.90. The van der Waals surface area contributed by atoms with Gasteiger partial charge in [0.05, 0.1) is 4.92 Å². The van der Waals surface area contributed by atoms with Crippen LogP contribution >= 0.6 is 0 Å². The minimum absolute atomic E-state index is 0.125. The molecule has 3 rings (SSSR count). The molecule has 8 nitrogen and oxygen atoms in total. The van der Waals surface area contributed by atoms with Crippen LogP contribution in [0.5, 0.6) is 0 Å². The van der Waals surface area contributed by atoms with Crippen molar-refractivity contribution in [2.75, 3.05) is 24.2 Å². The Labute approximate surface area is 95.8 Å². The van der Waals surface area contributed by atoms with Crippen LogP contribution in [0, 0.1) is 10.1 Å². The molecule has 0 aliphatic carbocycles. The van der Waals surface area contributed by atoms with Crippen molar-refractivity contribution in [1.82, 2.24) is 14.6 Å². The van der Waals surface area contributed by atoms with Crippen molar-refractivity contribution < 1.29 is 4.92 Å². The minimum Gasteiger partial charge on any atom is -0.383 e. The zero-order chi connectivity index (χ0) is 12.2. The lowest BCUT2D eigenvalue weighted by molar-refractivity contribution is -0.383. The molecule has 0 unspecified atom stereocenters. The van der Waals surface area contributed by atoms with E-state index in [4.69, 9.17) is 5.73 Å². The molecule has 8 heteroatoms. The van der Waals surface area contributed by atoms with Crippen LogP contribution in [0.15, 0.2) is 6.20 Å². The van der Waals surface area contributed by atoms with Gasteiger partial charge >= 0.3 is 5.69 Å². The summed E-state index contributed by atoms with van der Waals surface area (Å²) >= 11 is 0. The molecule has 88 valence electrons. The summed E-state index contributed by atoms with van der Waals surface area (Å²) in [4.78, 5) is 16.4. The molecule has 2 aromatic rings. The number of hydrogen-bond donors (Lipinski definition) is 1. The van der Waals surface area contributed by atoms with Gasteiger partial charge in [0.25, 0.3) is 0 Å². The van der Waals surface area contributed by atoms with Gasteiger partial charge in [0.2, 0.25) is 5.65 Å². The highest BCUT2D eigenvalue weighted by Gasteiger charge is 2.27. The van der Waals surface area contributed by atoms with E-state index in [1.165, 1.54) is 10.7 Å². The number of aromatic nitrogens is 3. The van der Waals surface area contributed by atoms with Crippen molar-refractivity contribution in [2.24, 2.45) is 0 Å². The molecule has 0 atom stereocenters. The molecule has 1 aliphatic heterocycles. The Morgan fingerprint density at radius 1 is 1.59 bits per heavy atom. The second-order valence-electron chi connectivity index (χ2n) is 3.99. The van der Waals surface area contributed by atoms with Gasteiger partial charge in [-0.15, -0.1) is 0 Å². The molecule has 3 heterocycles. The van der Waals surface area contributed by atoms with Crippen LogP contribution < -0.4 is 10.6 Å². The Bertz CT molecular complexity index is 634. The van der Waals surface area contributed by atoms with Crippen LogP contribution in [0.2, 0.25) is 0 Å². The number of likely N-dealkylation sites (N-methyl/N-ethyl adjacent to an activating group) is 1. The summed E-state index contributed by atoms with van der Waals surface area (Å²) in [5, 5.41) is 14.8. The molecule has 2 aromatic heterocycles. The summed E-state index contributed by atoms with van der Waals surface area (Å²) in [5.41, 5.74) is 6.80. The van der Waals surface area contributed by atoms with Gasteiger partial charge in [0.1, 0.15) is 17.8 Å². The van der Waals surface area contributed by atoms with E-state index in [9.17, 15) is 10.1 Å². The molecule has 0 amide bonds. The first kappa shape index (κ1) is 9.82. The molecular weight excluding hydrogens is 224 g/mol. The third-order valence-electron chi connectivity index (χ3n) is 2.99. The number of hydrogen-bond acceptors (Lipinski definition) is 6. The molecule has 2 N–H and O–H groups in total. The molecule has 0 bridgehead atoms. The Morgan fingerprint density at radius 2 is 2.35 bits per heavy atom. The summed E-state index contributed by atoms with van der Waals surface area (Å²) in [6.07, 6.45) is 1.99. The standard InChI is InChI=1S/C9H10N6O2/c1-13-3-2-5-7(10)12-8-6(15(16)17)4-11-14(8)9(5)13/h4H,2-3H2,1H3,(H2,10,12). The van der Waals surface area contributed by atoms with Gasteiger partial charge < -0.3 is 10.6 Å². The van der Waals surface area contributed by atoms with E-state index in [-0.39, 0.29) is 11.3 Å². The average Bonchev–Trinajstić information content (AvgIpc) is 2.82. The molecule has 1 aliphatic rings. The maximum absolute atomic E-state index is 10.8. The predicted octanol–water partition coefficient (Wildman–Crippen LogP) is 0.212. The number of nitro groups is 1. The van der Waals surface area contributed by atoms with E-state index in [0.717, 1.165) is 24.3 Å². The second-order valence-corrected chi connectivity index (χ2v) is 3.99. The monoisotopic (exact) mass is 234 g/mol. The van der Waals surface area contributed by atoms with Crippen molar-refractivity contribution in [3.63, 3.8) is 0 Å². The van der Waals surface area contributed by atoms with E-state index in [1.807, 2.05) is 11.9 Å². The topological polar surface area (TPSA) is 103 Å². The smallest absolute Gasteiger partial charge is 0.333 e. The minimum atomic E-state index is -0.504. The van der Waals surface area contributed by atoms with E-state index in [0.29, 0.717) is 5.82 Å². The highest BCUT2D eigenvalue weighted by atomic mass is 16.6. The van der Waals surface area contributed by atoms with Crippen LogP contribution in [-0.2, 0) is 6.42 Å². The highest BCUT2D eigenvalue weighted by molar-refractivity contribution is 5.71. The third kappa shape index (κ3) is 1.17. The second kappa shape index (κ2) is 3.06. The molecule has 17 heavy (non-hydrogen) atoms. The highest BCUT2D eigenvalue weighted by Crippen LogP contribution is 2.33. The van der Waals surface area contributed by atoms with E-state index in [2.05, 4.69) is 10.1 Å². The first-order valence-corrected chi connectivity index (χ1v) is 5.11. The number of nitrogens with zero attached hydrogens (tertiary/aromatic N) is 5. The summed E-state index contributed by atoms with van der Waals surface area (Å²) < 4.78 is 1.48. The van der Waals surface area contributed by atoms with Gasteiger partial charge in [-0.3, -0.25) is 10.1 Å². The Morgan fingerprint density at radius 3 is 3.06 bits per heavy atom. The summed E-state index contributed by atoms with van der Waals surface area (Å²) in [6.45, 7) is 0.813. The first-order valence-electron chi connectivity index (χ1n) is 5.11. The average molecular weight is 234 g/mol. The summed E-state index contributed by atoms with van der Waals surface area (Å²) in [6, 6.07) is 0. The molecular formula is C9H10N6O2. The van der Waals surface area contributed by atoms with Crippen LogP contribution in [0.1, 0.15) is 5.56 Å². The number of rotatable bonds is 1. The van der Waals surface area contributed by atoms with Crippen molar-refractivity contribution >= 4 is 23.0 Å². The van der Waals surface area contributed by atoms with Crippen molar-refractivity contribution in [3.05, 3.63) is 21.9 Å². The number of fused-ring (bicyclic) bond motifs is 3. The number of nitrogen functional groups attached to an aromatic ring is 1. The molecule has 0 saturated carbocycles. The SMILES string of the molecule is CN1CCc2c(N)nc3c([N+](=O)[O-])cnn3c21. The van der Waals surface area contributed by atoms with Crippen molar-refractivity contribution in [1.29, 1.82) is 0 Å². The molecule has 0 fully saturated rings. The quantitative estimate of drug-likeness (QED) is 0.559. The fourth-order valence-electron chi connectivity index (χ4n) is 2.16. The normalized spacial score (nSPS) is 14.3. The zero-order valence-corrected chi connectivity index (χ0v) is 9.12. The van der Waals surface area contributed by atoms with E-state index >= 15 is 0 Å². The van der Waals surface area contributed by atoms with Crippen LogP contribution in [-0.4, -0.2) is 33.1 Å². The predicted molar refractivity (Wildman–Crippen MR) is 61.0 cm³/mol. The van der Waals surface area contributed by atoms with Gasteiger partial charge in [0.15, 0.2) is 0 Å². The lowest BCUT2D eigenvalue weighted by atomic mass is 10.2. The van der Waals surface area contributed by atoms with Crippen LogP contribution in [0.4, 0.5) is 17.3 Å².